The summed E-state index contributed by atoms with van der Waals surface area (Å²) in [5, 5.41) is 28.9. The summed E-state index contributed by atoms with van der Waals surface area (Å²) in [5.74, 6) is -0.988. The van der Waals surface area contributed by atoms with Crippen LogP contribution in [-0.4, -0.2) is 33.3 Å². The van der Waals surface area contributed by atoms with Crippen LogP contribution < -0.4 is 0 Å². The van der Waals surface area contributed by atoms with Gasteiger partial charge in [0.1, 0.15) is 6.10 Å². The lowest BCUT2D eigenvalue weighted by molar-refractivity contribution is -0.140. The molecule has 0 bridgehead atoms. The molecule has 1 aromatic rings. The van der Waals surface area contributed by atoms with Gasteiger partial charge >= 0.3 is 5.97 Å². The van der Waals surface area contributed by atoms with Crippen LogP contribution in [-0.2, 0) is 10.2 Å². The van der Waals surface area contributed by atoms with Crippen molar-refractivity contribution in [2.45, 2.75) is 30.5 Å². The summed E-state index contributed by atoms with van der Waals surface area (Å²) in [7, 11) is 0. The van der Waals surface area contributed by atoms with Gasteiger partial charge in [-0.25, -0.2) is 0 Å². The van der Waals surface area contributed by atoms with Crippen molar-refractivity contribution in [3.8, 4) is 0 Å². The van der Waals surface area contributed by atoms with Crippen LogP contribution >= 0.6 is 11.6 Å². The van der Waals surface area contributed by atoms with E-state index in [1.807, 2.05) is 0 Å². The lowest BCUT2D eigenvalue weighted by Gasteiger charge is -2.22. The number of benzene rings is 1. The van der Waals surface area contributed by atoms with Gasteiger partial charge in [0, 0.05) is 0 Å². The van der Waals surface area contributed by atoms with Crippen molar-refractivity contribution in [2.75, 3.05) is 5.88 Å². The molecule has 1 saturated carbocycles. The second-order valence-electron chi connectivity index (χ2n) is 4.64. The van der Waals surface area contributed by atoms with Gasteiger partial charge in [0.15, 0.2) is 0 Å². The summed E-state index contributed by atoms with van der Waals surface area (Å²) < 4.78 is 0. The minimum Gasteiger partial charge on any atom is -0.481 e. The highest BCUT2D eigenvalue weighted by Crippen LogP contribution is 2.50. The van der Waals surface area contributed by atoms with Crippen molar-refractivity contribution >= 4 is 17.6 Å². The monoisotopic (exact) mass is 270 g/mol. The molecule has 5 heteroatoms. The molecule has 0 radical (unpaired) electrons. The van der Waals surface area contributed by atoms with Crippen LogP contribution in [0, 0.1) is 0 Å². The van der Waals surface area contributed by atoms with Crippen molar-refractivity contribution in [3.63, 3.8) is 0 Å². The topological polar surface area (TPSA) is 77.8 Å². The first kappa shape index (κ1) is 13.3. The molecule has 98 valence electrons. The number of halogens is 1. The first-order valence-electron chi connectivity index (χ1n) is 5.78. The third-order valence-corrected chi connectivity index (χ3v) is 3.79. The molecule has 0 aromatic heterocycles. The highest BCUT2D eigenvalue weighted by atomic mass is 35.5. The SMILES string of the molecule is O=C(O)C1(c2ccccc2C(O)C(O)CCl)CC1. The molecule has 3 N–H and O–H groups in total. The van der Waals surface area contributed by atoms with Gasteiger partial charge in [-0.1, -0.05) is 24.3 Å². The van der Waals surface area contributed by atoms with Crippen LogP contribution in [0.2, 0.25) is 0 Å². The zero-order chi connectivity index (χ0) is 13.3. The van der Waals surface area contributed by atoms with Crippen molar-refractivity contribution in [2.24, 2.45) is 0 Å². The predicted molar refractivity (Wildman–Crippen MR) is 66.7 cm³/mol. The number of aliphatic carboxylic acids is 1. The minimum atomic E-state index is -1.16. The number of rotatable bonds is 5. The fourth-order valence-corrected chi connectivity index (χ4v) is 2.37. The van der Waals surface area contributed by atoms with E-state index < -0.39 is 23.6 Å². The lowest BCUT2D eigenvalue weighted by Crippen LogP contribution is -2.26. The van der Waals surface area contributed by atoms with E-state index in [1.54, 1.807) is 24.3 Å². The third-order valence-electron chi connectivity index (χ3n) is 3.48. The molecule has 0 saturated heterocycles. The second-order valence-corrected chi connectivity index (χ2v) is 4.95. The van der Waals surface area contributed by atoms with Gasteiger partial charge in [0.25, 0.3) is 0 Å². The van der Waals surface area contributed by atoms with Gasteiger partial charge < -0.3 is 15.3 Å². The molecule has 1 aliphatic carbocycles. The average molecular weight is 271 g/mol. The number of aliphatic hydroxyl groups is 2. The molecule has 2 rings (SSSR count). The Bertz CT molecular complexity index is 456. The Morgan fingerprint density at radius 2 is 1.94 bits per heavy atom. The summed E-state index contributed by atoms with van der Waals surface area (Å²) in [5.41, 5.74) is 0.128. The first-order valence-corrected chi connectivity index (χ1v) is 6.31. The maximum Gasteiger partial charge on any atom is 0.314 e. The van der Waals surface area contributed by atoms with Gasteiger partial charge in [-0.3, -0.25) is 4.79 Å². The van der Waals surface area contributed by atoms with E-state index in [-0.39, 0.29) is 5.88 Å². The Labute approximate surface area is 110 Å². The minimum absolute atomic E-state index is 0.102. The van der Waals surface area contributed by atoms with Crippen LogP contribution in [0.25, 0.3) is 0 Å². The number of hydrogen-bond donors (Lipinski definition) is 3. The van der Waals surface area contributed by atoms with Crippen LogP contribution in [0.5, 0.6) is 0 Å². The highest BCUT2D eigenvalue weighted by Gasteiger charge is 2.53. The van der Waals surface area contributed by atoms with Gasteiger partial charge in [-0.2, -0.15) is 0 Å². The first-order chi connectivity index (χ1) is 8.53. The second kappa shape index (κ2) is 4.88. The Kier molecular flexibility index (Phi) is 3.61. The molecule has 18 heavy (non-hydrogen) atoms. The van der Waals surface area contributed by atoms with Gasteiger partial charge in [-0.05, 0) is 24.0 Å². The van der Waals surface area contributed by atoms with Crippen molar-refractivity contribution in [1.29, 1.82) is 0 Å². The molecule has 0 spiro atoms. The van der Waals surface area contributed by atoms with E-state index in [2.05, 4.69) is 0 Å². The normalized spacial score (nSPS) is 20.2. The Balaban J connectivity index is 2.41. The number of carboxylic acids is 1. The molecular weight excluding hydrogens is 256 g/mol. The Morgan fingerprint density at radius 1 is 1.33 bits per heavy atom. The molecule has 1 aromatic carbocycles. The smallest absolute Gasteiger partial charge is 0.314 e. The van der Waals surface area contributed by atoms with Crippen molar-refractivity contribution < 1.29 is 20.1 Å². The third kappa shape index (κ3) is 2.11. The predicted octanol–water partition coefficient (Wildman–Crippen LogP) is 1.44. The van der Waals surface area contributed by atoms with Crippen molar-refractivity contribution in [1.82, 2.24) is 0 Å². The number of aliphatic hydroxyl groups excluding tert-OH is 2. The summed E-state index contributed by atoms with van der Waals surface area (Å²) in [4.78, 5) is 11.3. The van der Waals surface area contributed by atoms with Gasteiger partial charge in [0.2, 0.25) is 0 Å². The Hall–Kier alpha value is -1.10. The number of carbonyl (C=O) groups is 1. The summed E-state index contributed by atoms with van der Waals surface area (Å²) in [6.07, 6.45) is -1.14. The number of hydrogen-bond acceptors (Lipinski definition) is 3. The van der Waals surface area contributed by atoms with Crippen LogP contribution in [0.4, 0.5) is 0 Å². The molecule has 4 nitrogen and oxygen atoms in total. The fourth-order valence-electron chi connectivity index (χ4n) is 2.21. The van der Waals surface area contributed by atoms with E-state index >= 15 is 0 Å². The van der Waals surface area contributed by atoms with Crippen LogP contribution in [0.1, 0.15) is 30.1 Å². The zero-order valence-electron chi connectivity index (χ0n) is 9.71. The summed E-state index contributed by atoms with van der Waals surface area (Å²) in [6, 6.07) is 6.78. The molecular formula is C13H15ClO4. The van der Waals surface area contributed by atoms with Gasteiger partial charge in [0.05, 0.1) is 17.4 Å². The van der Waals surface area contributed by atoms with E-state index in [4.69, 9.17) is 11.6 Å². The molecule has 0 heterocycles. The van der Waals surface area contributed by atoms with Crippen LogP contribution in [0.15, 0.2) is 24.3 Å². The summed E-state index contributed by atoms with van der Waals surface area (Å²) >= 11 is 5.52. The molecule has 0 aliphatic heterocycles. The average Bonchev–Trinajstić information content (AvgIpc) is 3.18. The van der Waals surface area contributed by atoms with E-state index in [1.165, 1.54) is 0 Å². The quantitative estimate of drug-likeness (QED) is 0.708. The lowest BCUT2D eigenvalue weighted by atomic mass is 9.88. The molecule has 2 unspecified atom stereocenters. The highest BCUT2D eigenvalue weighted by molar-refractivity contribution is 6.18. The van der Waals surface area contributed by atoms with Crippen molar-refractivity contribution in [3.05, 3.63) is 35.4 Å². The van der Waals surface area contributed by atoms with E-state index in [0.29, 0.717) is 24.0 Å². The van der Waals surface area contributed by atoms with E-state index in [9.17, 15) is 20.1 Å². The number of carboxylic acid groups (broad SMARTS) is 1. The standard InChI is InChI=1S/C13H15ClO4/c14-7-10(15)11(16)8-3-1-2-4-9(8)13(5-6-13)12(17)18/h1-4,10-11,15-16H,5-7H2,(H,17,18). The maximum absolute atomic E-state index is 11.3. The number of alkyl halides is 1. The molecule has 1 fully saturated rings. The molecule has 0 amide bonds. The van der Waals surface area contributed by atoms with E-state index in [0.717, 1.165) is 0 Å². The van der Waals surface area contributed by atoms with Crippen LogP contribution in [0.3, 0.4) is 0 Å². The van der Waals surface area contributed by atoms with Gasteiger partial charge in [-0.15, -0.1) is 11.6 Å². The molecule has 1 aliphatic rings. The maximum atomic E-state index is 11.3. The Morgan fingerprint density at radius 3 is 2.44 bits per heavy atom. The largest absolute Gasteiger partial charge is 0.481 e. The molecule has 2 atom stereocenters. The fraction of sp³-hybridized carbons (Fsp3) is 0.462. The summed E-state index contributed by atoms with van der Waals surface area (Å²) in [6.45, 7) is 0. The zero-order valence-corrected chi connectivity index (χ0v) is 10.5.